The number of ether oxygens (including phenoxy) is 3. The molecule has 0 saturated heterocycles. The minimum absolute atomic E-state index is 0.108. The molecule has 36 heavy (non-hydrogen) atoms. The molecule has 0 aliphatic rings. The van der Waals surface area contributed by atoms with Crippen LogP contribution >= 0.6 is 0 Å². The van der Waals surface area contributed by atoms with Crippen molar-refractivity contribution in [2.75, 3.05) is 20.8 Å². The van der Waals surface area contributed by atoms with Gasteiger partial charge in [-0.1, -0.05) is 30.3 Å². The molecule has 1 aromatic heterocycles. The molecule has 188 valence electrons. The quantitative estimate of drug-likeness (QED) is 0.293. The lowest BCUT2D eigenvalue weighted by Gasteiger charge is -2.19. The number of aromatic amines is 1. The van der Waals surface area contributed by atoms with E-state index in [1.54, 1.807) is 26.4 Å². The van der Waals surface area contributed by atoms with Gasteiger partial charge >= 0.3 is 0 Å². The number of carbonyl (C=O) groups excluding carboxylic acids is 1. The van der Waals surface area contributed by atoms with Crippen LogP contribution in [0.1, 0.15) is 29.8 Å². The summed E-state index contributed by atoms with van der Waals surface area (Å²) < 4.78 is 16.7. The maximum absolute atomic E-state index is 13.5. The molecule has 0 saturated carbocycles. The summed E-state index contributed by atoms with van der Waals surface area (Å²) in [4.78, 5) is 16.7. The summed E-state index contributed by atoms with van der Waals surface area (Å²) in [5.74, 6) is 1.40. The number of methoxy groups -OCH3 is 2. The molecule has 1 atom stereocenters. The average molecular weight is 489 g/mol. The van der Waals surface area contributed by atoms with E-state index in [4.69, 9.17) is 14.2 Å². The SMILES string of the molecule is COc1ccc(-c2ccc(OC(C)C)c(C(=O)N[C@@H](CO)Cc3c[nH]c4ccccc34)c2)cc1OC. The van der Waals surface area contributed by atoms with Crippen LogP contribution in [-0.2, 0) is 6.42 Å². The Morgan fingerprint density at radius 1 is 0.944 bits per heavy atom. The van der Waals surface area contributed by atoms with E-state index in [0.29, 0.717) is 29.2 Å². The summed E-state index contributed by atoms with van der Waals surface area (Å²) in [6.07, 6.45) is 2.30. The second-order valence-corrected chi connectivity index (χ2v) is 8.86. The molecule has 1 amide bonds. The van der Waals surface area contributed by atoms with Crippen LogP contribution in [0.4, 0.5) is 0 Å². The Kier molecular flexibility index (Phi) is 7.80. The Hall–Kier alpha value is -3.97. The van der Waals surface area contributed by atoms with Crippen LogP contribution in [0.3, 0.4) is 0 Å². The van der Waals surface area contributed by atoms with Crippen molar-refractivity contribution in [3.05, 3.63) is 78.0 Å². The molecule has 0 aliphatic carbocycles. The van der Waals surface area contributed by atoms with Crippen molar-refractivity contribution in [1.29, 1.82) is 0 Å². The molecule has 0 fully saturated rings. The summed E-state index contributed by atoms with van der Waals surface area (Å²) in [5.41, 5.74) is 4.14. The lowest BCUT2D eigenvalue weighted by molar-refractivity contribution is 0.0910. The van der Waals surface area contributed by atoms with Gasteiger partial charge in [0.05, 0.1) is 38.5 Å². The van der Waals surface area contributed by atoms with Gasteiger partial charge in [0.1, 0.15) is 5.75 Å². The molecule has 7 nitrogen and oxygen atoms in total. The van der Waals surface area contributed by atoms with Crippen molar-refractivity contribution in [1.82, 2.24) is 10.3 Å². The number of carbonyl (C=O) groups is 1. The van der Waals surface area contributed by atoms with E-state index in [1.165, 1.54) is 0 Å². The van der Waals surface area contributed by atoms with E-state index in [-0.39, 0.29) is 18.6 Å². The largest absolute Gasteiger partial charge is 0.493 e. The molecular weight excluding hydrogens is 456 g/mol. The number of hydrogen-bond acceptors (Lipinski definition) is 5. The second kappa shape index (κ2) is 11.2. The molecule has 0 bridgehead atoms. The minimum Gasteiger partial charge on any atom is -0.493 e. The molecule has 0 radical (unpaired) electrons. The number of nitrogens with one attached hydrogen (secondary N) is 2. The highest BCUT2D eigenvalue weighted by atomic mass is 16.5. The Bertz CT molecular complexity index is 1340. The number of aromatic nitrogens is 1. The first-order valence-corrected chi connectivity index (χ1v) is 11.9. The molecule has 4 rings (SSSR count). The highest BCUT2D eigenvalue weighted by Gasteiger charge is 2.20. The van der Waals surface area contributed by atoms with Crippen molar-refractivity contribution in [3.8, 4) is 28.4 Å². The zero-order valence-corrected chi connectivity index (χ0v) is 21.0. The van der Waals surface area contributed by atoms with Crippen molar-refractivity contribution in [2.24, 2.45) is 0 Å². The first-order valence-electron chi connectivity index (χ1n) is 11.9. The summed E-state index contributed by atoms with van der Waals surface area (Å²) in [7, 11) is 3.18. The zero-order valence-electron chi connectivity index (χ0n) is 21.0. The maximum atomic E-state index is 13.5. The number of aliphatic hydroxyl groups is 1. The number of rotatable bonds is 10. The topological polar surface area (TPSA) is 92.8 Å². The molecule has 0 spiro atoms. The molecule has 1 heterocycles. The smallest absolute Gasteiger partial charge is 0.255 e. The van der Waals surface area contributed by atoms with E-state index in [9.17, 15) is 9.90 Å². The third-order valence-corrected chi connectivity index (χ3v) is 6.00. The number of H-pyrrole nitrogens is 1. The van der Waals surface area contributed by atoms with Crippen LogP contribution in [0.25, 0.3) is 22.0 Å². The Labute approximate surface area is 211 Å². The average Bonchev–Trinajstić information content (AvgIpc) is 3.30. The fourth-order valence-electron chi connectivity index (χ4n) is 4.25. The van der Waals surface area contributed by atoms with Crippen molar-refractivity contribution in [2.45, 2.75) is 32.4 Å². The van der Waals surface area contributed by atoms with Gasteiger partial charge in [0.2, 0.25) is 0 Å². The predicted molar refractivity (Wildman–Crippen MR) is 141 cm³/mol. The first kappa shape index (κ1) is 25.1. The summed E-state index contributed by atoms with van der Waals surface area (Å²) in [6.45, 7) is 3.63. The number of amides is 1. The van der Waals surface area contributed by atoms with Crippen LogP contribution in [0, 0.1) is 0 Å². The van der Waals surface area contributed by atoms with Crippen molar-refractivity contribution in [3.63, 3.8) is 0 Å². The molecule has 3 N–H and O–H groups in total. The second-order valence-electron chi connectivity index (χ2n) is 8.86. The van der Waals surface area contributed by atoms with E-state index >= 15 is 0 Å². The number of benzene rings is 3. The van der Waals surface area contributed by atoms with Gasteiger partial charge in [-0.25, -0.2) is 0 Å². The van der Waals surface area contributed by atoms with Gasteiger partial charge in [-0.15, -0.1) is 0 Å². The third-order valence-electron chi connectivity index (χ3n) is 6.00. The van der Waals surface area contributed by atoms with Gasteiger partial charge in [0, 0.05) is 17.1 Å². The Morgan fingerprint density at radius 3 is 2.33 bits per heavy atom. The highest BCUT2D eigenvalue weighted by molar-refractivity contribution is 5.98. The van der Waals surface area contributed by atoms with Crippen LogP contribution in [-0.4, -0.2) is 49.0 Å². The van der Waals surface area contributed by atoms with Crippen LogP contribution in [0.2, 0.25) is 0 Å². The van der Waals surface area contributed by atoms with E-state index < -0.39 is 6.04 Å². The van der Waals surface area contributed by atoms with Gasteiger partial charge in [-0.3, -0.25) is 4.79 Å². The number of para-hydroxylation sites is 1. The van der Waals surface area contributed by atoms with Crippen LogP contribution in [0.15, 0.2) is 66.9 Å². The van der Waals surface area contributed by atoms with Gasteiger partial charge in [-0.2, -0.15) is 0 Å². The first-order chi connectivity index (χ1) is 17.4. The minimum atomic E-state index is -0.464. The normalized spacial score (nSPS) is 11.9. The standard InChI is InChI=1S/C29H32N2O5/c1-18(2)36-26-11-9-19(20-10-12-27(34-3)28(15-20)35-4)14-24(26)29(33)31-22(17-32)13-21-16-30-25-8-6-5-7-23(21)25/h5-12,14-16,18,22,30,32H,13,17H2,1-4H3,(H,31,33)/t22-/m1/s1. The summed E-state index contributed by atoms with van der Waals surface area (Å²) in [6, 6.07) is 18.6. The summed E-state index contributed by atoms with van der Waals surface area (Å²) in [5, 5.41) is 14.1. The molecule has 7 heteroatoms. The maximum Gasteiger partial charge on any atom is 0.255 e. The Morgan fingerprint density at radius 2 is 1.64 bits per heavy atom. The lowest BCUT2D eigenvalue weighted by Crippen LogP contribution is -2.39. The fourth-order valence-corrected chi connectivity index (χ4v) is 4.25. The molecule has 4 aromatic rings. The van der Waals surface area contributed by atoms with Gasteiger partial charge in [-0.05, 0) is 67.3 Å². The van der Waals surface area contributed by atoms with Crippen LogP contribution in [0.5, 0.6) is 17.2 Å². The highest BCUT2D eigenvalue weighted by Crippen LogP contribution is 2.34. The van der Waals surface area contributed by atoms with Gasteiger partial charge < -0.3 is 29.6 Å². The van der Waals surface area contributed by atoms with E-state index in [2.05, 4.69) is 10.3 Å². The predicted octanol–water partition coefficient (Wildman–Crippen LogP) is 4.97. The Balaban J connectivity index is 1.63. The number of aliphatic hydroxyl groups excluding tert-OH is 1. The van der Waals surface area contributed by atoms with Crippen molar-refractivity contribution < 1.29 is 24.1 Å². The number of hydrogen-bond donors (Lipinski definition) is 3. The van der Waals surface area contributed by atoms with Crippen LogP contribution < -0.4 is 19.5 Å². The van der Waals surface area contributed by atoms with Gasteiger partial charge in [0.25, 0.3) is 5.91 Å². The van der Waals surface area contributed by atoms with E-state index in [1.807, 2.05) is 68.6 Å². The molecular formula is C29H32N2O5. The monoisotopic (exact) mass is 488 g/mol. The van der Waals surface area contributed by atoms with Gasteiger partial charge in [0.15, 0.2) is 11.5 Å². The third kappa shape index (κ3) is 5.47. The number of fused-ring (bicyclic) bond motifs is 1. The van der Waals surface area contributed by atoms with Crippen molar-refractivity contribution >= 4 is 16.8 Å². The molecule has 3 aromatic carbocycles. The lowest BCUT2D eigenvalue weighted by atomic mass is 10.0. The fraction of sp³-hybridized carbons (Fsp3) is 0.276. The zero-order chi connectivity index (χ0) is 25.7. The van der Waals surface area contributed by atoms with E-state index in [0.717, 1.165) is 27.6 Å². The summed E-state index contributed by atoms with van der Waals surface area (Å²) >= 11 is 0. The molecule has 0 unspecified atom stereocenters. The molecule has 0 aliphatic heterocycles.